The van der Waals surface area contributed by atoms with Crippen molar-refractivity contribution in [2.75, 3.05) is 13.6 Å². The molecule has 0 aromatic carbocycles. The Balaban J connectivity index is 1.69. The molecular weight excluding hydrogens is 226 g/mol. The van der Waals surface area contributed by atoms with Crippen LogP contribution in [0, 0.1) is 11.8 Å². The highest BCUT2D eigenvalue weighted by atomic mass is 16.3. The predicted molar refractivity (Wildman–Crippen MR) is 72.2 cm³/mol. The quantitative estimate of drug-likeness (QED) is 0.782. The summed E-state index contributed by atoms with van der Waals surface area (Å²) in [5, 5.41) is 9.26. The molecule has 18 heavy (non-hydrogen) atoms. The van der Waals surface area contributed by atoms with Gasteiger partial charge < -0.3 is 10.0 Å². The molecule has 0 spiro atoms. The molecule has 3 heteroatoms. The van der Waals surface area contributed by atoms with Gasteiger partial charge in [-0.05, 0) is 37.5 Å². The SMILES string of the molecule is CN(CC1CC(O)C1)C(=O)CC1CCCCCC1. The molecule has 104 valence electrons. The van der Waals surface area contributed by atoms with Crippen molar-refractivity contribution in [1.82, 2.24) is 4.90 Å². The van der Waals surface area contributed by atoms with Gasteiger partial charge in [0.05, 0.1) is 6.10 Å². The van der Waals surface area contributed by atoms with Gasteiger partial charge in [0.25, 0.3) is 0 Å². The largest absolute Gasteiger partial charge is 0.393 e. The van der Waals surface area contributed by atoms with Crippen LogP contribution in [0.1, 0.15) is 57.8 Å². The summed E-state index contributed by atoms with van der Waals surface area (Å²) in [5.74, 6) is 1.46. The second-order valence-electron chi connectivity index (χ2n) is 6.33. The molecule has 2 aliphatic carbocycles. The zero-order valence-electron chi connectivity index (χ0n) is 11.6. The van der Waals surface area contributed by atoms with Crippen LogP contribution in [0.4, 0.5) is 0 Å². The number of aliphatic hydroxyl groups is 1. The molecule has 2 aliphatic rings. The van der Waals surface area contributed by atoms with Crippen LogP contribution in [0.25, 0.3) is 0 Å². The van der Waals surface area contributed by atoms with Gasteiger partial charge in [-0.1, -0.05) is 25.7 Å². The first-order valence-electron chi connectivity index (χ1n) is 7.57. The number of hydrogen-bond acceptors (Lipinski definition) is 2. The third-order valence-corrected chi connectivity index (χ3v) is 4.61. The van der Waals surface area contributed by atoms with Crippen LogP contribution in [-0.2, 0) is 4.79 Å². The average Bonchev–Trinajstić information content (AvgIpc) is 2.55. The molecule has 2 fully saturated rings. The van der Waals surface area contributed by atoms with Gasteiger partial charge in [0, 0.05) is 20.0 Å². The molecule has 0 radical (unpaired) electrons. The molecule has 0 bridgehead atoms. The van der Waals surface area contributed by atoms with Gasteiger partial charge in [-0.25, -0.2) is 0 Å². The predicted octanol–water partition coefficient (Wildman–Crippen LogP) is 2.58. The van der Waals surface area contributed by atoms with Gasteiger partial charge in [-0.15, -0.1) is 0 Å². The van der Waals surface area contributed by atoms with Crippen molar-refractivity contribution in [3.05, 3.63) is 0 Å². The third-order valence-electron chi connectivity index (χ3n) is 4.61. The summed E-state index contributed by atoms with van der Waals surface area (Å²) in [6.07, 6.45) is 10.2. The van der Waals surface area contributed by atoms with E-state index in [0.29, 0.717) is 17.7 Å². The number of carbonyl (C=O) groups is 1. The van der Waals surface area contributed by atoms with Gasteiger partial charge in [-0.2, -0.15) is 0 Å². The smallest absolute Gasteiger partial charge is 0.222 e. The lowest BCUT2D eigenvalue weighted by molar-refractivity contribution is -0.132. The van der Waals surface area contributed by atoms with E-state index >= 15 is 0 Å². The van der Waals surface area contributed by atoms with Crippen LogP contribution in [0.15, 0.2) is 0 Å². The summed E-state index contributed by atoms with van der Waals surface area (Å²) in [7, 11) is 1.92. The van der Waals surface area contributed by atoms with Gasteiger partial charge in [0.1, 0.15) is 0 Å². The number of nitrogens with zero attached hydrogens (tertiary/aromatic N) is 1. The van der Waals surface area contributed by atoms with Crippen molar-refractivity contribution in [2.24, 2.45) is 11.8 Å². The van der Waals surface area contributed by atoms with Crippen LogP contribution >= 0.6 is 0 Å². The molecule has 0 heterocycles. The Kier molecular flexibility index (Phi) is 5.04. The Labute approximate surface area is 111 Å². The normalized spacial score (nSPS) is 29.4. The average molecular weight is 253 g/mol. The lowest BCUT2D eigenvalue weighted by Gasteiger charge is -2.34. The Morgan fingerprint density at radius 2 is 1.72 bits per heavy atom. The summed E-state index contributed by atoms with van der Waals surface area (Å²) in [5.41, 5.74) is 0. The Morgan fingerprint density at radius 3 is 2.28 bits per heavy atom. The fourth-order valence-corrected chi connectivity index (χ4v) is 3.31. The van der Waals surface area contributed by atoms with Crippen molar-refractivity contribution in [1.29, 1.82) is 0 Å². The first-order valence-corrected chi connectivity index (χ1v) is 7.57. The minimum absolute atomic E-state index is 0.111. The Morgan fingerprint density at radius 1 is 1.11 bits per heavy atom. The fourth-order valence-electron chi connectivity index (χ4n) is 3.31. The number of rotatable bonds is 4. The van der Waals surface area contributed by atoms with Crippen molar-refractivity contribution < 1.29 is 9.90 Å². The van der Waals surface area contributed by atoms with E-state index in [-0.39, 0.29) is 6.10 Å². The molecular formula is C15H27NO2. The molecule has 0 atom stereocenters. The Bertz CT molecular complexity index is 266. The summed E-state index contributed by atoms with van der Waals surface area (Å²) >= 11 is 0. The van der Waals surface area contributed by atoms with E-state index in [1.165, 1.54) is 38.5 Å². The van der Waals surface area contributed by atoms with E-state index in [9.17, 15) is 9.90 Å². The molecule has 0 aliphatic heterocycles. The molecule has 0 saturated heterocycles. The molecule has 0 aromatic rings. The minimum Gasteiger partial charge on any atom is -0.393 e. The van der Waals surface area contributed by atoms with E-state index in [4.69, 9.17) is 0 Å². The number of carbonyl (C=O) groups excluding carboxylic acids is 1. The van der Waals surface area contributed by atoms with Crippen LogP contribution in [0.5, 0.6) is 0 Å². The maximum Gasteiger partial charge on any atom is 0.222 e. The van der Waals surface area contributed by atoms with Crippen LogP contribution < -0.4 is 0 Å². The van der Waals surface area contributed by atoms with E-state index in [1.54, 1.807) is 0 Å². The second kappa shape index (κ2) is 6.55. The van der Waals surface area contributed by atoms with Crippen LogP contribution in [0.3, 0.4) is 0 Å². The minimum atomic E-state index is -0.111. The molecule has 2 rings (SSSR count). The third kappa shape index (κ3) is 3.98. The summed E-state index contributed by atoms with van der Waals surface area (Å²) in [4.78, 5) is 14.0. The molecule has 3 nitrogen and oxygen atoms in total. The second-order valence-corrected chi connectivity index (χ2v) is 6.33. The molecule has 1 N–H and O–H groups in total. The molecule has 0 aromatic heterocycles. The van der Waals surface area contributed by atoms with E-state index in [0.717, 1.165) is 25.8 Å². The van der Waals surface area contributed by atoms with Gasteiger partial charge >= 0.3 is 0 Å². The maximum absolute atomic E-state index is 12.1. The molecule has 2 saturated carbocycles. The van der Waals surface area contributed by atoms with Crippen molar-refractivity contribution in [3.63, 3.8) is 0 Å². The highest BCUT2D eigenvalue weighted by Gasteiger charge is 2.29. The Hall–Kier alpha value is -0.570. The number of aliphatic hydroxyl groups excluding tert-OH is 1. The first kappa shape index (κ1) is 13.9. The van der Waals surface area contributed by atoms with E-state index < -0.39 is 0 Å². The highest BCUT2D eigenvalue weighted by molar-refractivity contribution is 5.76. The standard InChI is InChI=1S/C15H27NO2/c1-16(11-13-8-14(17)9-13)15(18)10-12-6-4-2-3-5-7-12/h12-14,17H,2-11H2,1H3. The number of hydrogen-bond donors (Lipinski definition) is 1. The summed E-state index contributed by atoms with van der Waals surface area (Å²) in [6.45, 7) is 0.836. The maximum atomic E-state index is 12.1. The topological polar surface area (TPSA) is 40.5 Å². The van der Waals surface area contributed by atoms with Crippen molar-refractivity contribution in [2.45, 2.75) is 63.9 Å². The van der Waals surface area contributed by atoms with E-state index in [2.05, 4.69) is 0 Å². The first-order chi connectivity index (χ1) is 8.65. The number of amides is 1. The van der Waals surface area contributed by atoms with Crippen molar-refractivity contribution >= 4 is 5.91 Å². The van der Waals surface area contributed by atoms with Gasteiger partial charge in [-0.3, -0.25) is 4.79 Å². The van der Waals surface area contributed by atoms with Gasteiger partial charge in [0.2, 0.25) is 5.91 Å². The molecule has 0 unspecified atom stereocenters. The zero-order chi connectivity index (χ0) is 13.0. The van der Waals surface area contributed by atoms with Crippen LogP contribution in [0.2, 0.25) is 0 Å². The van der Waals surface area contributed by atoms with Crippen LogP contribution in [-0.4, -0.2) is 35.6 Å². The summed E-state index contributed by atoms with van der Waals surface area (Å²) in [6, 6.07) is 0. The lowest BCUT2D eigenvalue weighted by atomic mass is 9.82. The lowest BCUT2D eigenvalue weighted by Crippen LogP contribution is -2.40. The van der Waals surface area contributed by atoms with Gasteiger partial charge in [0.15, 0.2) is 0 Å². The zero-order valence-corrected chi connectivity index (χ0v) is 11.6. The summed E-state index contributed by atoms with van der Waals surface area (Å²) < 4.78 is 0. The molecule has 1 amide bonds. The monoisotopic (exact) mass is 253 g/mol. The van der Waals surface area contributed by atoms with Crippen molar-refractivity contribution in [3.8, 4) is 0 Å². The van der Waals surface area contributed by atoms with E-state index in [1.807, 2.05) is 11.9 Å². The highest BCUT2D eigenvalue weighted by Crippen LogP contribution is 2.29. The fraction of sp³-hybridized carbons (Fsp3) is 0.933.